The number of methoxy groups -OCH3 is 1. The van der Waals surface area contributed by atoms with E-state index in [0.717, 1.165) is 17.7 Å². The summed E-state index contributed by atoms with van der Waals surface area (Å²) in [4.78, 5) is 0. The molecule has 86 valence electrons. The second-order valence-electron chi connectivity index (χ2n) is 3.36. The summed E-state index contributed by atoms with van der Waals surface area (Å²) in [6, 6.07) is 7.89. The first-order valence-corrected chi connectivity index (χ1v) is 5.33. The third-order valence-electron chi connectivity index (χ3n) is 2.11. The Hall–Kier alpha value is -1.54. The molecule has 0 radical (unpaired) electrons. The van der Waals surface area contributed by atoms with E-state index in [2.05, 4.69) is 6.58 Å². The van der Waals surface area contributed by atoms with E-state index in [-0.39, 0.29) is 0 Å². The molecule has 0 aromatic heterocycles. The SMILES string of the molecule is C=CC/C=C/COCc1ccc(OC)cc1. The molecule has 0 aliphatic heterocycles. The van der Waals surface area contributed by atoms with Crippen LogP contribution in [0.5, 0.6) is 5.75 Å². The van der Waals surface area contributed by atoms with Gasteiger partial charge in [0.1, 0.15) is 5.75 Å². The molecule has 0 spiro atoms. The van der Waals surface area contributed by atoms with E-state index in [0.29, 0.717) is 13.2 Å². The minimum absolute atomic E-state index is 0.627. The van der Waals surface area contributed by atoms with Crippen molar-refractivity contribution in [2.75, 3.05) is 13.7 Å². The summed E-state index contributed by atoms with van der Waals surface area (Å²) < 4.78 is 10.6. The summed E-state index contributed by atoms with van der Waals surface area (Å²) in [5.74, 6) is 0.870. The lowest BCUT2D eigenvalue weighted by molar-refractivity contribution is 0.148. The maximum Gasteiger partial charge on any atom is 0.118 e. The molecule has 0 unspecified atom stereocenters. The van der Waals surface area contributed by atoms with Crippen LogP contribution in [0.1, 0.15) is 12.0 Å². The Morgan fingerprint density at radius 2 is 1.94 bits per heavy atom. The van der Waals surface area contributed by atoms with Gasteiger partial charge in [-0.05, 0) is 24.1 Å². The van der Waals surface area contributed by atoms with Crippen LogP contribution < -0.4 is 4.74 Å². The highest BCUT2D eigenvalue weighted by Crippen LogP contribution is 2.11. The zero-order valence-electron chi connectivity index (χ0n) is 9.69. The van der Waals surface area contributed by atoms with Gasteiger partial charge in [0.05, 0.1) is 20.3 Å². The largest absolute Gasteiger partial charge is 0.497 e. The quantitative estimate of drug-likeness (QED) is 0.516. The topological polar surface area (TPSA) is 18.5 Å². The molecule has 0 heterocycles. The van der Waals surface area contributed by atoms with Gasteiger partial charge in [0.25, 0.3) is 0 Å². The fourth-order valence-electron chi connectivity index (χ4n) is 1.23. The van der Waals surface area contributed by atoms with Crippen LogP contribution >= 0.6 is 0 Å². The van der Waals surface area contributed by atoms with E-state index in [1.807, 2.05) is 42.5 Å². The molecular weight excluding hydrogens is 200 g/mol. The molecule has 0 amide bonds. The van der Waals surface area contributed by atoms with Crippen molar-refractivity contribution in [2.45, 2.75) is 13.0 Å². The molecule has 0 saturated carbocycles. The van der Waals surface area contributed by atoms with Gasteiger partial charge >= 0.3 is 0 Å². The molecular formula is C14H18O2. The van der Waals surface area contributed by atoms with Gasteiger partial charge in [-0.25, -0.2) is 0 Å². The zero-order valence-corrected chi connectivity index (χ0v) is 9.69. The van der Waals surface area contributed by atoms with Gasteiger partial charge in [-0.3, -0.25) is 0 Å². The Labute approximate surface area is 97.2 Å². The summed E-state index contributed by atoms with van der Waals surface area (Å²) in [5.41, 5.74) is 1.15. The summed E-state index contributed by atoms with van der Waals surface area (Å²) in [5, 5.41) is 0. The van der Waals surface area contributed by atoms with Crippen LogP contribution in [0.25, 0.3) is 0 Å². The van der Waals surface area contributed by atoms with Crippen molar-refractivity contribution in [1.29, 1.82) is 0 Å². The highest BCUT2D eigenvalue weighted by molar-refractivity contribution is 5.26. The van der Waals surface area contributed by atoms with E-state index in [9.17, 15) is 0 Å². The first-order valence-electron chi connectivity index (χ1n) is 5.33. The van der Waals surface area contributed by atoms with Crippen molar-refractivity contribution in [2.24, 2.45) is 0 Å². The summed E-state index contributed by atoms with van der Waals surface area (Å²) >= 11 is 0. The van der Waals surface area contributed by atoms with Crippen molar-refractivity contribution in [3.05, 3.63) is 54.6 Å². The highest BCUT2D eigenvalue weighted by Gasteiger charge is 1.93. The minimum Gasteiger partial charge on any atom is -0.497 e. The number of hydrogen-bond donors (Lipinski definition) is 0. The number of hydrogen-bond acceptors (Lipinski definition) is 2. The fraction of sp³-hybridized carbons (Fsp3) is 0.286. The third kappa shape index (κ3) is 4.80. The molecule has 1 rings (SSSR count). The van der Waals surface area contributed by atoms with Crippen molar-refractivity contribution in [1.82, 2.24) is 0 Å². The Morgan fingerprint density at radius 3 is 2.56 bits per heavy atom. The van der Waals surface area contributed by atoms with E-state index in [1.54, 1.807) is 7.11 Å². The van der Waals surface area contributed by atoms with Gasteiger partial charge in [0, 0.05) is 0 Å². The lowest BCUT2D eigenvalue weighted by Crippen LogP contribution is -1.92. The van der Waals surface area contributed by atoms with E-state index in [1.165, 1.54) is 0 Å². The van der Waals surface area contributed by atoms with Gasteiger partial charge in [0.2, 0.25) is 0 Å². The van der Waals surface area contributed by atoms with Gasteiger partial charge in [0.15, 0.2) is 0 Å². The van der Waals surface area contributed by atoms with Crippen LogP contribution in [0.15, 0.2) is 49.1 Å². The number of rotatable bonds is 7. The summed E-state index contributed by atoms with van der Waals surface area (Å²) in [6.45, 7) is 4.90. The van der Waals surface area contributed by atoms with E-state index < -0.39 is 0 Å². The molecule has 16 heavy (non-hydrogen) atoms. The second kappa shape index (κ2) is 7.71. The summed E-state index contributed by atoms with van der Waals surface area (Å²) in [6.07, 6.45) is 6.80. The van der Waals surface area contributed by atoms with Crippen LogP contribution in [0, 0.1) is 0 Å². The molecule has 1 aromatic carbocycles. The number of ether oxygens (including phenoxy) is 2. The molecule has 0 aliphatic rings. The maximum atomic E-state index is 5.48. The molecule has 0 N–H and O–H groups in total. The molecule has 0 aliphatic carbocycles. The molecule has 1 aromatic rings. The Morgan fingerprint density at radius 1 is 1.19 bits per heavy atom. The Balaban J connectivity index is 2.23. The van der Waals surface area contributed by atoms with E-state index in [4.69, 9.17) is 9.47 Å². The van der Waals surface area contributed by atoms with E-state index >= 15 is 0 Å². The van der Waals surface area contributed by atoms with Gasteiger partial charge in [-0.2, -0.15) is 0 Å². The first kappa shape index (κ1) is 12.5. The lowest BCUT2D eigenvalue weighted by atomic mass is 10.2. The normalized spacial score (nSPS) is 10.6. The minimum atomic E-state index is 0.627. The van der Waals surface area contributed by atoms with Gasteiger partial charge in [-0.15, -0.1) is 6.58 Å². The number of benzene rings is 1. The predicted octanol–water partition coefficient (Wildman–Crippen LogP) is 3.34. The van der Waals surface area contributed by atoms with Crippen molar-refractivity contribution in [3.8, 4) is 5.75 Å². The zero-order chi connectivity index (χ0) is 11.6. The third-order valence-corrected chi connectivity index (χ3v) is 2.11. The molecule has 0 bridgehead atoms. The van der Waals surface area contributed by atoms with Crippen LogP contribution in [0.3, 0.4) is 0 Å². The standard InChI is InChI=1S/C14H18O2/c1-3-4-5-6-11-16-12-13-7-9-14(15-2)10-8-13/h3,5-10H,1,4,11-12H2,2H3/b6-5+. The average molecular weight is 218 g/mol. The fourth-order valence-corrected chi connectivity index (χ4v) is 1.23. The molecule has 0 atom stereocenters. The predicted molar refractivity (Wildman–Crippen MR) is 66.6 cm³/mol. The average Bonchev–Trinajstić information content (AvgIpc) is 2.34. The second-order valence-corrected chi connectivity index (χ2v) is 3.36. The highest BCUT2D eigenvalue weighted by atomic mass is 16.5. The molecule has 2 heteroatoms. The molecule has 0 fully saturated rings. The van der Waals surface area contributed by atoms with Gasteiger partial charge < -0.3 is 9.47 Å². The maximum absolute atomic E-state index is 5.48. The Kier molecular flexibility index (Phi) is 6.04. The van der Waals surface area contributed by atoms with Crippen LogP contribution in [0.4, 0.5) is 0 Å². The monoisotopic (exact) mass is 218 g/mol. The van der Waals surface area contributed by atoms with Gasteiger partial charge in [-0.1, -0.05) is 30.4 Å². The van der Waals surface area contributed by atoms with Crippen LogP contribution in [-0.4, -0.2) is 13.7 Å². The van der Waals surface area contributed by atoms with Crippen molar-refractivity contribution < 1.29 is 9.47 Å². The first-order chi connectivity index (χ1) is 7.86. The Bertz CT molecular complexity index is 325. The molecule has 2 nitrogen and oxygen atoms in total. The van der Waals surface area contributed by atoms with Crippen molar-refractivity contribution in [3.63, 3.8) is 0 Å². The lowest BCUT2D eigenvalue weighted by Gasteiger charge is -2.03. The van der Waals surface area contributed by atoms with Crippen LogP contribution in [0.2, 0.25) is 0 Å². The van der Waals surface area contributed by atoms with Crippen molar-refractivity contribution >= 4 is 0 Å². The molecule has 0 saturated heterocycles. The van der Waals surface area contributed by atoms with Crippen LogP contribution in [-0.2, 0) is 11.3 Å². The summed E-state index contributed by atoms with van der Waals surface area (Å²) in [7, 11) is 1.66. The number of allylic oxidation sites excluding steroid dienone is 2. The smallest absolute Gasteiger partial charge is 0.118 e.